The molecule has 1 heterocycles. The van der Waals surface area contributed by atoms with Crippen LogP contribution in [0.2, 0.25) is 0 Å². The number of alkyl halides is 1. The van der Waals surface area contributed by atoms with Gasteiger partial charge in [0.25, 0.3) is 0 Å². The van der Waals surface area contributed by atoms with E-state index >= 15 is 0 Å². The van der Waals surface area contributed by atoms with Crippen molar-refractivity contribution < 1.29 is 14.0 Å². The lowest BCUT2D eigenvalue weighted by Crippen LogP contribution is -2.61. The molecule has 0 radical (unpaired) electrons. The van der Waals surface area contributed by atoms with Gasteiger partial charge in [-0.3, -0.25) is 14.9 Å². The molecule has 1 aliphatic heterocycles. The maximum absolute atomic E-state index is 14.6. The van der Waals surface area contributed by atoms with E-state index in [2.05, 4.69) is 22.0 Å². The van der Waals surface area contributed by atoms with Crippen molar-refractivity contribution in [3.05, 3.63) is 0 Å². The SMILES string of the molecule is CNC(=O)C12CCC(NC(F)C(=O)[C@@H]3CN[C@H](C#N)C3)(CC1)CC2. The number of ketones is 1. The van der Waals surface area contributed by atoms with E-state index in [9.17, 15) is 14.0 Å². The molecule has 4 aliphatic rings. The van der Waals surface area contributed by atoms with E-state index in [0.717, 1.165) is 38.5 Å². The van der Waals surface area contributed by atoms with Crippen molar-refractivity contribution in [2.45, 2.75) is 62.8 Å². The number of hydrogen-bond acceptors (Lipinski definition) is 5. The van der Waals surface area contributed by atoms with Crippen LogP contribution < -0.4 is 16.0 Å². The number of nitrogens with zero attached hydrogens (tertiary/aromatic N) is 1. The summed E-state index contributed by atoms with van der Waals surface area (Å²) < 4.78 is 14.6. The minimum absolute atomic E-state index is 0.0863. The van der Waals surface area contributed by atoms with Gasteiger partial charge in [0.1, 0.15) is 0 Å². The second-order valence-corrected chi connectivity index (χ2v) is 7.57. The standard InChI is InChI=1S/C17H25FN4O2/c1-20-15(24)16-2-5-17(6-3-16,7-4-16)22-14(18)13(23)11-8-12(9-19)21-10-11/h11-12,14,21-22H,2-8,10H2,1H3,(H,20,24)/t11-,12-,14?,16?,17?/m0/s1. The third kappa shape index (κ3) is 2.93. The fourth-order valence-corrected chi connectivity index (χ4v) is 4.61. The van der Waals surface area contributed by atoms with Crippen molar-refractivity contribution in [1.82, 2.24) is 16.0 Å². The summed E-state index contributed by atoms with van der Waals surface area (Å²) in [4.78, 5) is 24.4. The molecule has 0 aromatic rings. The van der Waals surface area contributed by atoms with Crippen LogP contribution in [0.1, 0.15) is 44.9 Å². The Morgan fingerprint density at radius 3 is 2.38 bits per heavy atom. The van der Waals surface area contributed by atoms with Crippen LogP contribution in [0.4, 0.5) is 4.39 Å². The molecule has 3 aliphatic carbocycles. The van der Waals surface area contributed by atoms with E-state index < -0.39 is 18.0 Å². The Morgan fingerprint density at radius 1 is 1.25 bits per heavy atom. The quantitative estimate of drug-likeness (QED) is 0.645. The van der Waals surface area contributed by atoms with Crippen LogP contribution in [-0.4, -0.2) is 43.2 Å². The first-order valence-electron chi connectivity index (χ1n) is 8.74. The van der Waals surface area contributed by atoms with Crippen LogP contribution in [0.5, 0.6) is 0 Å². The van der Waals surface area contributed by atoms with E-state index in [1.54, 1.807) is 7.05 Å². The number of carbonyl (C=O) groups is 2. The van der Waals surface area contributed by atoms with Crippen LogP contribution >= 0.6 is 0 Å². The average molecular weight is 336 g/mol. The number of rotatable bonds is 5. The van der Waals surface area contributed by atoms with E-state index in [1.807, 2.05) is 0 Å². The zero-order valence-electron chi connectivity index (χ0n) is 14.0. The first kappa shape index (κ1) is 17.3. The van der Waals surface area contributed by atoms with E-state index in [1.165, 1.54) is 0 Å². The molecular formula is C17H25FN4O2. The van der Waals surface area contributed by atoms with Crippen molar-refractivity contribution >= 4 is 11.7 Å². The monoisotopic (exact) mass is 336 g/mol. The number of amides is 1. The Labute approximate surface area is 141 Å². The summed E-state index contributed by atoms with van der Waals surface area (Å²) in [6.45, 7) is 0.367. The maximum atomic E-state index is 14.6. The summed E-state index contributed by atoms with van der Waals surface area (Å²) in [6, 6.07) is 1.71. The molecule has 3 atom stereocenters. The van der Waals surface area contributed by atoms with Gasteiger partial charge in [-0.2, -0.15) is 5.26 Å². The summed E-state index contributed by atoms with van der Waals surface area (Å²) >= 11 is 0. The Hall–Kier alpha value is -1.52. The van der Waals surface area contributed by atoms with Crippen molar-refractivity contribution in [1.29, 1.82) is 5.26 Å². The molecule has 132 valence electrons. The van der Waals surface area contributed by atoms with Gasteiger partial charge < -0.3 is 10.6 Å². The summed E-state index contributed by atoms with van der Waals surface area (Å²) in [5.74, 6) is -0.808. The normalized spacial score (nSPS) is 39.2. The van der Waals surface area contributed by atoms with Crippen molar-refractivity contribution in [2.24, 2.45) is 11.3 Å². The summed E-state index contributed by atoms with van der Waals surface area (Å²) in [6.07, 6.45) is 3.06. The molecule has 0 aromatic heterocycles. The van der Waals surface area contributed by atoms with Crippen molar-refractivity contribution in [3.8, 4) is 6.07 Å². The van der Waals surface area contributed by atoms with Gasteiger partial charge in [-0.1, -0.05) is 0 Å². The van der Waals surface area contributed by atoms with Gasteiger partial charge in [0.15, 0.2) is 5.78 Å². The minimum Gasteiger partial charge on any atom is -0.359 e. The zero-order valence-corrected chi connectivity index (χ0v) is 14.0. The van der Waals surface area contributed by atoms with Gasteiger partial charge in [0.2, 0.25) is 12.2 Å². The van der Waals surface area contributed by atoms with Crippen LogP contribution in [0.3, 0.4) is 0 Å². The molecule has 2 bridgehead atoms. The van der Waals surface area contributed by atoms with Crippen molar-refractivity contribution in [3.63, 3.8) is 0 Å². The highest BCUT2D eigenvalue weighted by molar-refractivity contribution is 5.86. The average Bonchev–Trinajstić information content (AvgIpc) is 3.10. The molecule has 24 heavy (non-hydrogen) atoms. The molecule has 0 aromatic carbocycles. The van der Waals surface area contributed by atoms with E-state index in [4.69, 9.17) is 5.26 Å². The first-order chi connectivity index (χ1) is 11.4. The number of carbonyl (C=O) groups excluding carboxylic acids is 2. The van der Waals surface area contributed by atoms with Gasteiger partial charge >= 0.3 is 0 Å². The number of Topliss-reactive ketones (excluding diaryl/α,β-unsaturated/α-hetero) is 1. The Kier molecular flexibility index (Phi) is 4.63. The number of hydrogen-bond donors (Lipinski definition) is 3. The van der Waals surface area contributed by atoms with Crippen LogP contribution in [-0.2, 0) is 9.59 Å². The van der Waals surface area contributed by atoms with E-state index in [0.29, 0.717) is 13.0 Å². The van der Waals surface area contributed by atoms with E-state index in [-0.39, 0.29) is 22.9 Å². The van der Waals surface area contributed by atoms with Gasteiger partial charge in [0.05, 0.1) is 12.1 Å². The number of fused-ring (bicyclic) bond motifs is 3. The Bertz CT molecular complexity index is 549. The lowest BCUT2D eigenvalue weighted by molar-refractivity contribution is -0.140. The molecule has 1 saturated heterocycles. The molecule has 7 heteroatoms. The molecule has 1 amide bonds. The fraction of sp³-hybridized carbons (Fsp3) is 0.824. The molecule has 4 rings (SSSR count). The van der Waals surface area contributed by atoms with Gasteiger partial charge in [-0.15, -0.1) is 0 Å². The first-order valence-corrected chi connectivity index (χ1v) is 8.74. The zero-order chi connectivity index (χ0) is 17.4. The third-order valence-corrected chi connectivity index (χ3v) is 6.33. The topological polar surface area (TPSA) is 94.0 Å². The molecule has 3 N–H and O–H groups in total. The highest BCUT2D eigenvalue weighted by Gasteiger charge is 2.53. The minimum atomic E-state index is -1.69. The predicted octanol–water partition coefficient (Wildman–Crippen LogP) is 0.781. The highest BCUT2D eigenvalue weighted by Crippen LogP contribution is 2.52. The second-order valence-electron chi connectivity index (χ2n) is 7.57. The molecule has 4 fully saturated rings. The molecule has 3 saturated carbocycles. The Balaban J connectivity index is 1.58. The molecular weight excluding hydrogens is 311 g/mol. The third-order valence-electron chi connectivity index (χ3n) is 6.33. The number of nitrogens with one attached hydrogen (secondary N) is 3. The predicted molar refractivity (Wildman–Crippen MR) is 85.5 cm³/mol. The Morgan fingerprint density at radius 2 is 1.88 bits per heavy atom. The van der Waals surface area contributed by atoms with Crippen LogP contribution in [0, 0.1) is 22.7 Å². The van der Waals surface area contributed by atoms with Gasteiger partial charge in [-0.25, -0.2) is 4.39 Å². The summed E-state index contributed by atoms with van der Waals surface area (Å²) in [7, 11) is 1.66. The summed E-state index contributed by atoms with van der Waals surface area (Å²) in [5, 5.41) is 17.5. The van der Waals surface area contributed by atoms with Crippen molar-refractivity contribution in [2.75, 3.05) is 13.6 Å². The highest BCUT2D eigenvalue weighted by atomic mass is 19.1. The lowest BCUT2D eigenvalue weighted by atomic mass is 9.57. The number of nitriles is 1. The van der Waals surface area contributed by atoms with Gasteiger partial charge in [0, 0.05) is 30.5 Å². The smallest absolute Gasteiger partial charge is 0.225 e. The second kappa shape index (κ2) is 6.41. The lowest BCUT2D eigenvalue weighted by Gasteiger charge is -2.53. The molecule has 1 unspecified atom stereocenters. The largest absolute Gasteiger partial charge is 0.359 e. The molecule has 0 spiro atoms. The summed E-state index contributed by atoms with van der Waals surface area (Å²) in [5.41, 5.74) is -0.672. The fourth-order valence-electron chi connectivity index (χ4n) is 4.61. The number of halogens is 1. The maximum Gasteiger partial charge on any atom is 0.225 e. The van der Waals surface area contributed by atoms with Gasteiger partial charge in [-0.05, 0) is 44.9 Å². The van der Waals surface area contributed by atoms with Crippen LogP contribution in [0.25, 0.3) is 0 Å². The van der Waals surface area contributed by atoms with Crippen LogP contribution in [0.15, 0.2) is 0 Å². The molecule has 6 nitrogen and oxygen atoms in total.